The fourth-order valence-corrected chi connectivity index (χ4v) is 3.04. The lowest BCUT2D eigenvalue weighted by Gasteiger charge is -2.10. The van der Waals surface area contributed by atoms with Gasteiger partial charge in [0, 0.05) is 5.69 Å². The molecule has 0 aliphatic rings. The maximum absolute atomic E-state index is 12.0. The van der Waals surface area contributed by atoms with Crippen LogP contribution in [-0.2, 0) is 0 Å². The molecule has 0 radical (unpaired) electrons. The second-order valence-electron chi connectivity index (χ2n) is 4.49. The summed E-state index contributed by atoms with van der Waals surface area (Å²) < 4.78 is 0.963. The summed E-state index contributed by atoms with van der Waals surface area (Å²) in [6.07, 6.45) is 1.12. The van der Waals surface area contributed by atoms with Gasteiger partial charge < -0.3 is 5.32 Å². The molecule has 2 rings (SSSR count). The molecule has 2 aromatic rings. The van der Waals surface area contributed by atoms with E-state index < -0.39 is 0 Å². The van der Waals surface area contributed by atoms with Gasteiger partial charge in [-0.3, -0.25) is 4.79 Å². The van der Waals surface area contributed by atoms with Crippen molar-refractivity contribution in [3.63, 3.8) is 0 Å². The van der Waals surface area contributed by atoms with Gasteiger partial charge in [-0.2, -0.15) is 0 Å². The third-order valence-electron chi connectivity index (χ3n) is 3.15. The standard InChI is InChI=1S/C15H16BrNOS/c1-3-10(2)11-4-6-12(7-5-11)17-15(18)13-8-9-14(16)19-13/h4-10H,3H2,1-2H3,(H,17,18)/t10-/m1/s1. The first-order valence-corrected chi connectivity index (χ1v) is 7.87. The molecule has 0 aliphatic carbocycles. The number of carbonyl (C=O) groups is 1. The molecule has 2 nitrogen and oxygen atoms in total. The van der Waals surface area contributed by atoms with E-state index in [0.717, 1.165) is 15.9 Å². The zero-order valence-electron chi connectivity index (χ0n) is 10.9. The summed E-state index contributed by atoms with van der Waals surface area (Å²) in [7, 11) is 0. The van der Waals surface area contributed by atoms with Crippen LogP contribution in [0.15, 0.2) is 40.2 Å². The smallest absolute Gasteiger partial charge is 0.265 e. The van der Waals surface area contributed by atoms with Crippen LogP contribution in [0.25, 0.3) is 0 Å². The van der Waals surface area contributed by atoms with Crippen molar-refractivity contribution in [2.45, 2.75) is 26.2 Å². The summed E-state index contributed by atoms with van der Waals surface area (Å²) in [5.74, 6) is 0.491. The molecule has 4 heteroatoms. The second-order valence-corrected chi connectivity index (χ2v) is 6.95. The average Bonchev–Trinajstić information content (AvgIpc) is 2.85. The Balaban J connectivity index is 2.05. The van der Waals surface area contributed by atoms with Crippen molar-refractivity contribution in [2.75, 3.05) is 5.32 Å². The van der Waals surface area contributed by atoms with Gasteiger partial charge in [-0.15, -0.1) is 11.3 Å². The summed E-state index contributed by atoms with van der Waals surface area (Å²) in [6.45, 7) is 4.38. The molecule has 1 aromatic carbocycles. The fraction of sp³-hybridized carbons (Fsp3) is 0.267. The van der Waals surface area contributed by atoms with Crippen LogP contribution < -0.4 is 5.32 Å². The molecule has 1 aromatic heterocycles. The Labute approximate surface area is 126 Å². The lowest BCUT2D eigenvalue weighted by Crippen LogP contribution is -2.10. The number of halogens is 1. The molecule has 19 heavy (non-hydrogen) atoms. The number of carbonyl (C=O) groups excluding carboxylic acids is 1. The van der Waals surface area contributed by atoms with Crippen LogP contribution in [0.1, 0.15) is 41.4 Å². The summed E-state index contributed by atoms with van der Waals surface area (Å²) in [5.41, 5.74) is 2.14. The highest BCUT2D eigenvalue weighted by atomic mass is 79.9. The normalized spacial score (nSPS) is 12.2. The number of nitrogens with one attached hydrogen (secondary N) is 1. The van der Waals surface area contributed by atoms with E-state index in [0.29, 0.717) is 10.8 Å². The topological polar surface area (TPSA) is 29.1 Å². The van der Waals surface area contributed by atoms with Gasteiger partial charge in [0.2, 0.25) is 0 Å². The van der Waals surface area contributed by atoms with Crippen molar-refractivity contribution in [2.24, 2.45) is 0 Å². The number of amides is 1. The largest absolute Gasteiger partial charge is 0.321 e. The molecule has 0 unspecified atom stereocenters. The average molecular weight is 338 g/mol. The minimum atomic E-state index is -0.0630. The zero-order chi connectivity index (χ0) is 13.8. The molecule has 0 spiro atoms. The minimum absolute atomic E-state index is 0.0630. The van der Waals surface area contributed by atoms with Crippen LogP contribution in [0.4, 0.5) is 5.69 Å². The number of hydrogen-bond acceptors (Lipinski definition) is 2. The third-order valence-corrected chi connectivity index (χ3v) is 4.77. The minimum Gasteiger partial charge on any atom is -0.321 e. The highest BCUT2D eigenvalue weighted by molar-refractivity contribution is 9.11. The number of benzene rings is 1. The molecule has 0 saturated heterocycles. The van der Waals surface area contributed by atoms with E-state index >= 15 is 0 Å². The molecule has 100 valence electrons. The van der Waals surface area contributed by atoms with E-state index in [-0.39, 0.29) is 5.91 Å². The maximum atomic E-state index is 12.0. The van der Waals surface area contributed by atoms with Crippen molar-refractivity contribution in [1.82, 2.24) is 0 Å². The Bertz CT molecular complexity index is 562. The summed E-state index contributed by atoms with van der Waals surface area (Å²) in [4.78, 5) is 12.7. The first-order valence-electron chi connectivity index (χ1n) is 6.26. The zero-order valence-corrected chi connectivity index (χ0v) is 13.3. The first-order chi connectivity index (χ1) is 9.10. The predicted octanol–water partition coefficient (Wildman–Crippen LogP) is 5.28. The molecule has 0 fully saturated rings. The van der Waals surface area contributed by atoms with E-state index in [1.165, 1.54) is 16.9 Å². The van der Waals surface area contributed by atoms with Gasteiger partial charge in [0.25, 0.3) is 5.91 Å². The molecular formula is C15H16BrNOS. The number of rotatable bonds is 4. The van der Waals surface area contributed by atoms with Gasteiger partial charge in [0.1, 0.15) is 0 Å². The van der Waals surface area contributed by atoms with E-state index in [4.69, 9.17) is 0 Å². The highest BCUT2D eigenvalue weighted by Crippen LogP contribution is 2.24. The Morgan fingerprint density at radius 2 is 1.95 bits per heavy atom. The van der Waals surface area contributed by atoms with Crippen molar-refractivity contribution >= 4 is 38.9 Å². The Morgan fingerprint density at radius 1 is 1.26 bits per heavy atom. The third kappa shape index (κ3) is 3.67. The van der Waals surface area contributed by atoms with Crippen LogP contribution in [0.3, 0.4) is 0 Å². The quantitative estimate of drug-likeness (QED) is 0.808. The lowest BCUT2D eigenvalue weighted by molar-refractivity contribution is 0.103. The molecule has 0 aliphatic heterocycles. The van der Waals surface area contributed by atoms with E-state index in [1.54, 1.807) is 0 Å². The van der Waals surface area contributed by atoms with Crippen molar-refractivity contribution in [1.29, 1.82) is 0 Å². The number of anilines is 1. The molecule has 1 atom stereocenters. The van der Waals surface area contributed by atoms with Gasteiger partial charge in [-0.25, -0.2) is 0 Å². The van der Waals surface area contributed by atoms with E-state index in [2.05, 4.69) is 47.2 Å². The Hall–Kier alpha value is -1.13. The second kappa shape index (κ2) is 6.35. The van der Waals surface area contributed by atoms with E-state index in [1.807, 2.05) is 24.3 Å². The lowest BCUT2D eigenvalue weighted by atomic mass is 9.99. The molecule has 1 amide bonds. The van der Waals surface area contributed by atoms with Crippen molar-refractivity contribution < 1.29 is 4.79 Å². The van der Waals surface area contributed by atoms with E-state index in [9.17, 15) is 4.79 Å². The van der Waals surface area contributed by atoms with Crippen LogP contribution in [0.5, 0.6) is 0 Å². The SMILES string of the molecule is CC[C@@H](C)c1ccc(NC(=O)c2ccc(Br)s2)cc1. The molecule has 0 bridgehead atoms. The Morgan fingerprint density at radius 3 is 2.47 bits per heavy atom. The molecule has 1 heterocycles. The summed E-state index contributed by atoms with van der Waals surface area (Å²) in [6, 6.07) is 11.8. The molecular weight excluding hydrogens is 322 g/mol. The Kier molecular flexibility index (Phi) is 4.77. The van der Waals surface area contributed by atoms with Crippen LogP contribution in [0, 0.1) is 0 Å². The van der Waals surface area contributed by atoms with Crippen LogP contribution >= 0.6 is 27.3 Å². The number of hydrogen-bond donors (Lipinski definition) is 1. The van der Waals surface area contributed by atoms with Crippen molar-refractivity contribution in [3.05, 3.63) is 50.6 Å². The van der Waals surface area contributed by atoms with Gasteiger partial charge in [-0.1, -0.05) is 26.0 Å². The summed E-state index contributed by atoms with van der Waals surface area (Å²) in [5, 5.41) is 2.91. The number of thiophene rings is 1. The van der Waals surface area contributed by atoms with Gasteiger partial charge in [-0.05, 0) is 58.1 Å². The van der Waals surface area contributed by atoms with Gasteiger partial charge in [0.15, 0.2) is 0 Å². The first kappa shape index (κ1) is 14.3. The van der Waals surface area contributed by atoms with Crippen LogP contribution in [-0.4, -0.2) is 5.91 Å². The molecule has 1 N–H and O–H groups in total. The van der Waals surface area contributed by atoms with Gasteiger partial charge >= 0.3 is 0 Å². The summed E-state index contributed by atoms with van der Waals surface area (Å²) >= 11 is 4.79. The maximum Gasteiger partial charge on any atom is 0.265 e. The van der Waals surface area contributed by atoms with Gasteiger partial charge in [0.05, 0.1) is 8.66 Å². The fourth-order valence-electron chi connectivity index (χ4n) is 1.76. The highest BCUT2D eigenvalue weighted by Gasteiger charge is 2.09. The molecule has 0 saturated carbocycles. The van der Waals surface area contributed by atoms with Crippen molar-refractivity contribution in [3.8, 4) is 0 Å². The van der Waals surface area contributed by atoms with Crippen LogP contribution in [0.2, 0.25) is 0 Å². The monoisotopic (exact) mass is 337 g/mol. The predicted molar refractivity (Wildman–Crippen MR) is 85.1 cm³/mol.